The summed E-state index contributed by atoms with van der Waals surface area (Å²) in [6.07, 6.45) is 0. The van der Waals surface area contributed by atoms with Gasteiger partial charge in [0.1, 0.15) is 0 Å². The van der Waals surface area contributed by atoms with Gasteiger partial charge in [0.15, 0.2) is 23.1 Å². The third-order valence-corrected chi connectivity index (χ3v) is 5.24. The maximum Gasteiger partial charge on any atom is 0.254 e. The largest absolute Gasteiger partial charge is 0.494 e. The average molecular weight is 423 g/mol. The van der Waals surface area contributed by atoms with Crippen LogP contribution in [0.2, 0.25) is 5.02 Å². The first-order chi connectivity index (χ1) is 14.0. The maximum absolute atomic E-state index is 13.9. The van der Waals surface area contributed by atoms with Crippen molar-refractivity contribution in [1.29, 1.82) is 0 Å². The molecule has 0 spiro atoms. The summed E-state index contributed by atoms with van der Waals surface area (Å²) < 4.78 is 29.3. The molecular weight excluding hydrogens is 399 g/mol. The van der Waals surface area contributed by atoms with Crippen LogP contribution in [0.3, 0.4) is 0 Å². The molecule has 0 radical (unpaired) electrons. The van der Waals surface area contributed by atoms with Gasteiger partial charge in [0.25, 0.3) is 5.91 Å². The molecule has 2 aromatic carbocycles. The molecule has 1 saturated heterocycles. The summed E-state index contributed by atoms with van der Waals surface area (Å²) in [5.74, 6) is 0.579. The second kappa shape index (κ2) is 9.33. The molecule has 0 unspecified atom stereocenters. The molecule has 1 fully saturated rings. The molecule has 6 nitrogen and oxygen atoms in total. The Bertz CT molecular complexity index is 885. The van der Waals surface area contributed by atoms with Crippen molar-refractivity contribution in [1.82, 2.24) is 9.80 Å². The highest BCUT2D eigenvalue weighted by Gasteiger charge is 2.24. The van der Waals surface area contributed by atoms with Gasteiger partial charge in [-0.25, -0.2) is 4.39 Å². The van der Waals surface area contributed by atoms with E-state index >= 15 is 0 Å². The number of benzene rings is 2. The van der Waals surface area contributed by atoms with E-state index in [0.717, 1.165) is 5.56 Å². The molecule has 0 bridgehead atoms. The minimum absolute atomic E-state index is 0.108. The van der Waals surface area contributed by atoms with E-state index in [0.29, 0.717) is 54.8 Å². The first kappa shape index (κ1) is 21.2. The Hall–Kier alpha value is -2.51. The minimum atomic E-state index is -0.371. The summed E-state index contributed by atoms with van der Waals surface area (Å²) in [4.78, 5) is 16.9. The number of carbonyl (C=O) groups excluding carboxylic acids is 1. The van der Waals surface area contributed by atoms with Gasteiger partial charge in [0, 0.05) is 38.3 Å². The number of methoxy groups -OCH3 is 3. The fraction of sp³-hybridized carbons (Fsp3) is 0.381. The predicted octanol–water partition coefficient (Wildman–Crippen LogP) is 3.46. The number of rotatable bonds is 6. The molecule has 0 atom stereocenters. The Balaban J connectivity index is 1.62. The third-order valence-electron chi connectivity index (χ3n) is 4.96. The highest BCUT2D eigenvalue weighted by Crippen LogP contribution is 2.36. The van der Waals surface area contributed by atoms with Gasteiger partial charge >= 0.3 is 0 Å². The Morgan fingerprint density at radius 3 is 2.28 bits per heavy atom. The normalized spacial score (nSPS) is 14.6. The minimum Gasteiger partial charge on any atom is -0.494 e. The summed E-state index contributed by atoms with van der Waals surface area (Å²) in [6, 6.07) is 8.20. The van der Waals surface area contributed by atoms with Gasteiger partial charge in [0.05, 0.1) is 26.4 Å². The maximum atomic E-state index is 13.9. The lowest BCUT2D eigenvalue weighted by molar-refractivity contribution is 0.0628. The quantitative estimate of drug-likeness (QED) is 0.713. The van der Waals surface area contributed by atoms with Gasteiger partial charge < -0.3 is 19.1 Å². The number of amides is 1. The molecule has 0 aliphatic carbocycles. The zero-order chi connectivity index (χ0) is 21.0. The average Bonchev–Trinajstić information content (AvgIpc) is 2.73. The van der Waals surface area contributed by atoms with Crippen LogP contribution >= 0.6 is 11.6 Å². The Morgan fingerprint density at radius 2 is 1.69 bits per heavy atom. The second-order valence-electron chi connectivity index (χ2n) is 6.73. The van der Waals surface area contributed by atoms with E-state index in [2.05, 4.69) is 4.90 Å². The topological polar surface area (TPSA) is 51.2 Å². The fourth-order valence-electron chi connectivity index (χ4n) is 3.40. The van der Waals surface area contributed by atoms with Crippen molar-refractivity contribution in [2.75, 3.05) is 47.5 Å². The number of nitrogens with zero attached hydrogens (tertiary/aromatic N) is 2. The van der Waals surface area contributed by atoms with Gasteiger partial charge in [-0.2, -0.15) is 0 Å². The summed E-state index contributed by atoms with van der Waals surface area (Å²) >= 11 is 6.22. The van der Waals surface area contributed by atoms with Crippen molar-refractivity contribution in [3.63, 3.8) is 0 Å². The van der Waals surface area contributed by atoms with E-state index in [-0.39, 0.29) is 17.5 Å². The monoisotopic (exact) mass is 422 g/mol. The van der Waals surface area contributed by atoms with Gasteiger partial charge in [-0.3, -0.25) is 9.69 Å². The van der Waals surface area contributed by atoms with Crippen molar-refractivity contribution >= 4 is 17.5 Å². The summed E-state index contributed by atoms with van der Waals surface area (Å²) in [7, 11) is 4.45. The first-order valence-corrected chi connectivity index (χ1v) is 9.60. The lowest BCUT2D eigenvalue weighted by Crippen LogP contribution is -2.48. The van der Waals surface area contributed by atoms with Crippen LogP contribution in [0, 0.1) is 5.82 Å². The van der Waals surface area contributed by atoms with Gasteiger partial charge in [0.2, 0.25) is 0 Å². The van der Waals surface area contributed by atoms with Crippen LogP contribution in [0.25, 0.3) is 0 Å². The van der Waals surface area contributed by atoms with Crippen molar-refractivity contribution in [2.24, 2.45) is 0 Å². The molecule has 156 valence electrons. The van der Waals surface area contributed by atoms with Crippen LogP contribution in [-0.2, 0) is 6.54 Å². The lowest BCUT2D eigenvalue weighted by atomic mass is 10.1. The molecule has 1 heterocycles. The molecule has 1 amide bonds. The molecule has 1 aliphatic rings. The number of hydrogen-bond donors (Lipinski definition) is 0. The molecule has 3 rings (SSSR count). The van der Waals surface area contributed by atoms with Crippen LogP contribution in [0.15, 0.2) is 30.3 Å². The predicted molar refractivity (Wildman–Crippen MR) is 109 cm³/mol. The number of halogens is 2. The summed E-state index contributed by atoms with van der Waals surface area (Å²) in [6.45, 7) is 3.15. The molecular formula is C21H24ClFN2O4. The highest BCUT2D eigenvalue weighted by molar-refractivity contribution is 6.32. The number of hydrogen-bond acceptors (Lipinski definition) is 5. The van der Waals surface area contributed by atoms with E-state index in [9.17, 15) is 9.18 Å². The molecule has 2 aromatic rings. The lowest BCUT2D eigenvalue weighted by Gasteiger charge is -2.35. The smallest absolute Gasteiger partial charge is 0.254 e. The van der Waals surface area contributed by atoms with Crippen LogP contribution in [0.5, 0.6) is 17.2 Å². The standard InChI is InChI=1S/C21H24ClFN2O4/c1-27-18-5-4-14(10-17(18)23)13-24-6-8-25(9-7-24)21(26)15-11-16(22)20(29-3)19(12-15)28-2/h4-5,10-12H,6-9,13H2,1-3H3. The van der Waals surface area contributed by atoms with Crippen molar-refractivity contribution in [3.05, 3.63) is 52.3 Å². The molecule has 0 saturated carbocycles. The van der Waals surface area contributed by atoms with Gasteiger partial charge in [-0.05, 0) is 29.8 Å². The van der Waals surface area contributed by atoms with E-state index in [1.807, 2.05) is 6.07 Å². The summed E-state index contributed by atoms with van der Waals surface area (Å²) in [5.41, 5.74) is 1.33. The Labute approximate surface area is 174 Å². The molecule has 29 heavy (non-hydrogen) atoms. The van der Waals surface area contributed by atoms with Crippen LogP contribution in [-0.4, -0.2) is 63.2 Å². The van der Waals surface area contributed by atoms with Crippen LogP contribution in [0.4, 0.5) is 4.39 Å². The molecule has 0 N–H and O–H groups in total. The van der Waals surface area contributed by atoms with Crippen molar-refractivity contribution in [2.45, 2.75) is 6.54 Å². The van der Waals surface area contributed by atoms with Gasteiger partial charge in [-0.1, -0.05) is 17.7 Å². The zero-order valence-corrected chi connectivity index (χ0v) is 17.5. The molecule has 8 heteroatoms. The van der Waals surface area contributed by atoms with Crippen molar-refractivity contribution < 1.29 is 23.4 Å². The summed E-state index contributed by atoms with van der Waals surface area (Å²) in [5, 5.41) is 0.329. The second-order valence-corrected chi connectivity index (χ2v) is 7.14. The van der Waals surface area contributed by atoms with Crippen LogP contribution in [0.1, 0.15) is 15.9 Å². The number of piperazine rings is 1. The Morgan fingerprint density at radius 1 is 1.00 bits per heavy atom. The van der Waals surface area contributed by atoms with E-state index in [1.165, 1.54) is 27.4 Å². The van der Waals surface area contributed by atoms with E-state index in [1.54, 1.807) is 23.1 Å². The molecule has 0 aromatic heterocycles. The zero-order valence-electron chi connectivity index (χ0n) is 16.7. The SMILES string of the molecule is COc1ccc(CN2CCN(C(=O)c3cc(Cl)c(OC)c(OC)c3)CC2)cc1F. The van der Waals surface area contributed by atoms with Gasteiger partial charge in [-0.15, -0.1) is 0 Å². The molecule has 1 aliphatic heterocycles. The third kappa shape index (κ3) is 4.74. The van der Waals surface area contributed by atoms with E-state index < -0.39 is 0 Å². The number of carbonyl (C=O) groups is 1. The first-order valence-electron chi connectivity index (χ1n) is 9.22. The fourth-order valence-corrected chi connectivity index (χ4v) is 3.69. The highest BCUT2D eigenvalue weighted by atomic mass is 35.5. The van der Waals surface area contributed by atoms with Crippen molar-refractivity contribution in [3.8, 4) is 17.2 Å². The van der Waals surface area contributed by atoms with Crippen LogP contribution < -0.4 is 14.2 Å². The number of ether oxygens (including phenoxy) is 3. The van der Waals surface area contributed by atoms with E-state index in [4.69, 9.17) is 25.8 Å². The Kier molecular flexibility index (Phi) is 6.82.